The van der Waals surface area contributed by atoms with E-state index in [1.807, 2.05) is 13.0 Å². The number of hydrogen-bond acceptors (Lipinski definition) is 11. The third kappa shape index (κ3) is 7.13. The Labute approximate surface area is 225 Å². The van der Waals surface area contributed by atoms with Gasteiger partial charge >= 0.3 is 5.97 Å². The average Bonchev–Trinajstić information content (AvgIpc) is 2.89. The highest BCUT2D eigenvalue weighted by molar-refractivity contribution is 5.75. The molecule has 10 atom stereocenters. The minimum absolute atomic E-state index is 0.0174. The molecule has 0 aromatic rings. The first-order valence-corrected chi connectivity index (χ1v) is 13.3. The number of fused-ring (bicyclic) bond motifs is 2. The smallest absolute Gasteiger partial charge is 0.338 e. The Balaban J connectivity index is 2.56. The van der Waals surface area contributed by atoms with Crippen LogP contribution in [0.15, 0.2) is 11.6 Å². The third-order valence-corrected chi connectivity index (χ3v) is 8.37. The van der Waals surface area contributed by atoms with Crippen LogP contribution in [0.25, 0.3) is 0 Å². The van der Waals surface area contributed by atoms with Gasteiger partial charge in [-0.3, -0.25) is 0 Å². The van der Waals surface area contributed by atoms with Gasteiger partial charge in [-0.2, -0.15) is 0 Å². The molecule has 222 valence electrons. The molecule has 0 radical (unpaired) electrons. The number of carbonyl (C=O) groups excluding carboxylic acids is 1. The van der Waals surface area contributed by atoms with Crippen LogP contribution in [0.2, 0.25) is 0 Å². The summed E-state index contributed by atoms with van der Waals surface area (Å²) in [5.41, 5.74) is -0.730. The molecule has 0 spiro atoms. The van der Waals surface area contributed by atoms with Crippen molar-refractivity contribution in [2.75, 3.05) is 27.9 Å². The van der Waals surface area contributed by atoms with Gasteiger partial charge in [0.1, 0.15) is 12.2 Å². The maximum Gasteiger partial charge on any atom is 0.338 e. The second-order valence-corrected chi connectivity index (χ2v) is 11.1. The molecule has 38 heavy (non-hydrogen) atoms. The SMILES string of the molecule is CC[C@H](/C=C(\C)[C@@H]1C[C@@H](OC)C[C@H](O)C(C)(C)[C@@]2(O)O[C@@H](C[C@@H](OC)[C@H](O)C(=O)O1)C[C@@H](OC)[C@H]2O)CO. The quantitative estimate of drug-likeness (QED) is 0.224. The van der Waals surface area contributed by atoms with E-state index >= 15 is 0 Å². The molecule has 0 saturated carbocycles. The second-order valence-electron chi connectivity index (χ2n) is 11.1. The summed E-state index contributed by atoms with van der Waals surface area (Å²) in [5, 5.41) is 54.7. The van der Waals surface area contributed by atoms with Crippen molar-refractivity contribution in [2.45, 2.75) is 114 Å². The molecular formula is C27H48O11. The molecule has 11 nitrogen and oxygen atoms in total. The van der Waals surface area contributed by atoms with Crippen molar-refractivity contribution in [3.05, 3.63) is 11.6 Å². The van der Waals surface area contributed by atoms with Gasteiger partial charge in [-0.1, -0.05) is 26.8 Å². The Bertz CT molecular complexity index is 783. The van der Waals surface area contributed by atoms with Crippen LogP contribution >= 0.6 is 0 Å². The summed E-state index contributed by atoms with van der Waals surface area (Å²) in [7, 11) is 4.20. The van der Waals surface area contributed by atoms with Gasteiger partial charge in [-0.15, -0.1) is 0 Å². The topological polar surface area (TPSA) is 164 Å². The molecule has 11 heteroatoms. The molecule has 2 bridgehead atoms. The fourth-order valence-corrected chi connectivity index (χ4v) is 5.30. The minimum Gasteiger partial charge on any atom is -0.456 e. The number of methoxy groups -OCH3 is 3. The van der Waals surface area contributed by atoms with E-state index in [0.717, 1.165) is 0 Å². The van der Waals surface area contributed by atoms with Gasteiger partial charge in [0.05, 0.1) is 30.5 Å². The van der Waals surface area contributed by atoms with Gasteiger partial charge in [0.15, 0.2) is 6.10 Å². The van der Waals surface area contributed by atoms with E-state index in [9.17, 15) is 30.3 Å². The van der Waals surface area contributed by atoms with Crippen LogP contribution in [0, 0.1) is 11.3 Å². The van der Waals surface area contributed by atoms with E-state index in [0.29, 0.717) is 12.0 Å². The number of ether oxygens (including phenoxy) is 5. The van der Waals surface area contributed by atoms with E-state index in [1.165, 1.54) is 21.3 Å². The Morgan fingerprint density at radius 2 is 1.66 bits per heavy atom. The maximum atomic E-state index is 13.1. The van der Waals surface area contributed by atoms with E-state index in [-0.39, 0.29) is 38.2 Å². The maximum absolute atomic E-state index is 13.1. The number of cyclic esters (lactones) is 1. The summed E-state index contributed by atoms with van der Waals surface area (Å²) in [6, 6.07) is 0. The molecule has 2 aliphatic heterocycles. The molecule has 0 aromatic heterocycles. The Morgan fingerprint density at radius 1 is 1.05 bits per heavy atom. The van der Waals surface area contributed by atoms with Crippen molar-refractivity contribution in [2.24, 2.45) is 11.3 Å². The molecule has 2 rings (SSSR count). The van der Waals surface area contributed by atoms with Crippen molar-refractivity contribution < 1.29 is 54.0 Å². The standard InChI is InChI=1S/C27H48O11/c1-8-16(14-28)9-15(2)19-10-17(34-5)13-22(29)26(3,4)27(33)24(31)21(36-7)12-18(38-27)11-20(35-6)23(30)25(32)37-19/h9,16-24,28-31,33H,8,10-14H2,1-7H3/b15-9+/t16-,17-,18+,19+,20-,21-,22+,23+,24-,27+/m1/s1. The third-order valence-electron chi connectivity index (χ3n) is 8.37. The van der Waals surface area contributed by atoms with E-state index in [4.69, 9.17) is 23.7 Å². The summed E-state index contributed by atoms with van der Waals surface area (Å²) in [6.07, 6.45) is -5.71. The zero-order valence-electron chi connectivity index (χ0n) is 23.7. The van der Waals surface area contributed by atoms with E-state index < -0.39 is 66.0 Å². The van der Waals surface area contributed by atoms with Crippen LogP contribution in [0.4, 0.5) is 0 Å². The van der Waals surface area contributed by atoms with Crippen molar-refractivity contribution in [3.8, 4) is 0 Å². The van der Waals surface area contributed by atoms with Gasteiger partial charge in [0.25, 0.3) is 0 Å². The largest absolute Gasteiger partial charge is 0.456 e. The minimum atomic E-state index is -2.23. The lowest BCUT2D eigenvalue weighted by Crippen LogP contribution is -2.68. The normalized spacial score (nSPS) is 40.2. The first-order valence-electron chi connectivity index (χ1n) is 13.3. The van der Waals surface area contributed by atoms with E-state index in [2.05, 4.69) is 0 Å². The lowest BCUT2D eigenvalue weighted by Gasteiger charge is -2.54. The molecule has 0 aromatic carbocycles. The summed E-state index contributed by atoms with van der Waals surface area (Å²) in [6.45, 7) is 6.81. The number of hydrogen-bond donors (Lipinski definition) is 5. The zero-order chi connectivity index (χ0) is 28.8. The molecular weight excluding hydrogens is 500 g/mol. The van der Waals surface area contributed by atoms with Crippen molar-refractivity contribution in [3.63, 3.8) is 0 Å². The van der Waals surface area contributed by atoms with Crippen LogP contribution in [-0.4, -0.2) is 114 Å². The molecule has 2 heterocycles. The number of rotatable bonds is 7. The molecule has 2 saturated heterocycles. The van der Waals surface area contributed by atoms with Crippen LogP contribution in [0.5, 0.6) is 0 Å². The predicted octanol–water partition coefficient (Wildman–Crippen LogP) is 0.678. The van der Waals surface area contributed by atoms with Gasteiger partial charge in [0, 0.05) is 65.0 Å². The highest BCUT2D eigenvalue weighted by atomic mass is 16.7. The number of carbonyl (C=O) groups is 1. The van der Waals surface area contributed by atoms with Crippen LogP contribution in [0.3, 0.4) is 0 Å². The number of aliphatic hydroxyl groups is 5. The average molecular weight is 549 g/mol. The second kappa shape index (κ2) is 14.0. The van der Waals surface area contributed by atoms with Gasteiger partial charge in [0.2, 0.25) is 5.79 Å². The van der Waals surface area contributed by atoms with Gasteiger partial charge < -0.3 is 49.2 Å². The lowest BCUT2D eigenvalue weighted by atomic mass is 9.70. The predicted molar refractivity (Wildman–Crippen MR) is 137 cm³/mol. The van der Waals surface area contributed by atoms with E-state index in [1.54, 1.807) is 20.8 Å². The summed E-state index contributed by atoms with van der Waals surface area (Å²) in [4.78, 5) is 13.1. The van der Waals surface area contributed by atoms with Gasteiger partial charge in [-0.05, 0) is 18.9 Å². The summed E-state index contributed by atoms with van der Waals surface area (Å²) < 4.78 is 28.3. The number of aliphatic hydroxyl groups excluding tert-OH is 4. The van der Waals surface area contributed by atoms with Crippen molar-refractivity contribution in [1.82, 2.24) is 0 Å². The van der Waals surface area contributed by atoms with Crippen LogP contribution in [-0.2, 0) is 28.5 Å². The molecule has 0 amide bonds. The highest BCUT2D eigenvalue weighted by Crippen LogP contribution is 2.46. The zero-order valence-corrected chi connectivity index (χ0v) is 23.7. The molecule has 0 aliphatic carbocycles. The Morgan fingerprint density at radius 3 is 2.18 bits per heavy atom. The highest BCUT2D eigenvalue weighted by Gasteiger charge is 2.60. The van der Waals surface area contributed by atoms with Crippen molar-refractivity contribution in [1.29, 1.82) is 0 Å². The summed E-state index contributed by atoms with van der Waals surface area (Å²) >= 11 is 0. The lowest BCUT2D eigenvalue weighted by molar-refractivity contribution is -0.379. The fourth-order valence-electron chi connectivity index (χ4n) is 5.30. The molecule has 0 unspecified atom stereocenters. The first kappa shape index (κ1) is 33.1. The van der Waals surface area contributed by atoms with Crippen LogP contribution < -0.4 is 0 Å². The Hall–Kier alpha value is -1.15. The fraction of sp³-hybridized carbons (Fsp3) is 0.889. The van der Waals surface area contributed by atoms with Gasteiger partial charge in [-0.25, -0.2) is 4.79 Å². The monoisotopic (exact) mass is 548 g/mol. The molecule has 2 aliphatic rings. The van der Waals surface area contributed by atoms with Crippen LogP contribution in [0.1, 0.15) is 59.8 Å². The number of esters is 1. The van der Waals surface area contributed by atoms with Crippen molar-refractivity contribution >= 4 is 5.97 Å². The molecule has 5 N–H and O–H groups in total. The first-order chi connectivity index (χ1) is 17.8. The molecule has 2 fully saturated rings. The Kier molecular flexibility index (Phi) is 12.1. The summed E-state index contributed by atoms with van der Waals surface area (Å²) in [5.74, 6) is -3.29.